The Bertz CT molecular complexity index is 815. The van der Waals surface area contributed by atoms with Crippen molar-refractivity contribution in [3.8, 4) is 0 Å². The number of nitrogens with zero attached hydrogens (tertiary/aromatic N) is 1. The highest BCUT2D eigenvalue weighted by Gasteiger charge is 2.58. The molecule has 8 unspecified atom stereocenters. The molecule has 0 aromatic carbocycles. The van der Waals surface area contributed by atoms with Gasteiger partial charge in [-0.2, -0.15) is 0 Å². The van der Waals surface area contributed by atoms with Crippen molar-refractivity contribution in [2.24, 2.45) is 51.3 Å². The summed E-state index contributed by atoms with van der Waals surface area (Å²) < 4.78 is 6.02. The third-order valence-corrected chi connectivity index (χ3v) is 11.3. The molecule has 0 amide bonds. The van der Waals surface area contributed by atoms with Crippen LogP contribution in [0.15, 0.2) is 16.6 Å². The number of allylic oxidation sites excluding steroid dienone is 1. The quantitative estimate of drug-likeness (QED) is 0.131. The number of esters is 1. The summed E-state index contributed by atoms with van der Waals surface area (Å²) in [7, 11) is 0. The Kier molecular flexibility index (Phi) is 8.77. The van der Waals surface area contributed by atoms with Crippen LogP contribution in [0.4, 0.5) is 0 Å². The van der Waals surface area contributed by atoms with Gasteiger partial charge in [0.15, 0.2) is 0 Å². The van der Waals surface area contributed by atoms with E-state index >= 15 is 0 Å². The summed E-state index contributed by atoms with van der Waals surface area (Å²) in [5.41, 5.74) is 2.46. The Balaban J connectivity index is 1.39. The minimum atomic E-state index is -0.417. The van der Waals surface area contributed by atoms with Crippen LogP contribution in [-0.2, 0) is 9.53 Å². The highest BCUT2D eigenvalue weighted by molar-refractivity contribution is 5.77. The van der Waals surface area contributed by atoms with Gasteiger partial charge in [0.05, 0.1) is 0 Å². The number of aliphatic imine (C=N–C) groups is 1. The van der Waals surface area contributed by atoms with Gasteiger partial charge in [-0.15, -0.1) is 0 Å². The fourth-order valence-electron chi connectivity index (χ4n) is 9.19. The molecule has 4 aliphatic rings. The summed E-state index contributed by atoms with van der Waals surface area (Å²) in [6.45, 7) is 17.8. The van der Waals surface area contributed by atoms with Gasteiger partial charge in [0, 0.05) is 6.42 Å². The van der Waals surface area contributed by atoms with Crippen LogP contribution in [0.3, 0.4) is 0 Å². The van der Waals surface area contributed by atoms with E-state index in [0.717, 1.165) is 55.3 Å². The molecule has 0 aromatic rings. The Labute approximate surface area is 222 Å². The van der Waals surface area contributed by atoms with E-state index in [1.54, 1.807) is 5.57 Å². The molecule has 0 spiro atoms. The fourth-order valence-corrected chi connectivity index (χ4v) is 9.19. The minimum Gasteiger partial charge on any atom is -0.460 e. The summed E-state index contributed by atoms with van der Waals surface area (Å²) in [6.07, 6.45) is 19.1. The maximum absolute atomic E-state index is 12.8. The van der Waals surface area contributed by atoms with Crippen LogP contribution in [0.2, 0.25) is 0 Å². The van der Waals surface area contributed by atoms with Gasteiger partial charge in [-0.1, -0.05) is 72.5 Å². The zero-order valence-corrected chi connectivity index (χ0v) is 24.4. The predicted molar refractivity (Wildman–Crippen MR) is 151 cm³/mol. The molecule has 0 radical (unpaired) electrons. The lowest BCUT2D eigenvalue weighted by Gasteiger charge is -2.58. The molecule has 3 nitrogen and oxygen atoms in total. The molecule has 0 bridgehead atoms. The van der Waals surface area contributed by atoms with Crippen molar-refractivity contribution >= 4 is 12.7 Å². The highest BCUT2D eigenvalue weighted by Crippen LogP contribution is 2.66. The molecule has 4 aliphatic carbocycles. The van der Waals surface area contributed by atoms with Crippen LogP contribution in [0.1, 0.15) is 125 Å². The van der Waals surface area contributed by atoms with Crippen LogP contribution in [0.5, 0.6) is 0 Å². The van der Waals surface area contributed by atoms with Crippen LogP contribution >= 0.6 is 0 Å². The van der Waals surface area contributed by atoms with Gasteiger partial charge in [0.2, 0.25) is 0 Å². The predicted octanol–water partition coefficient (Wildman–Crippen LogP) is 8.81. The summed E-state index contributed by atoms with van der Waals surface area (Å²) in [5, 5.41) is 0. The molecule has 3 heteroatoms. The second kappa shape index (κ2) is 11.3. The van der Waals surface area contributed by atoms with E-state index in [2.05, 4.69) is 59.3 Å². The average molecular weight is 498 g/mol. The van der Waals surface area contributed by atoms with E-state index in [1.807, 2.05) is 0 Å². The lowest BCUT2D eigenvalue weighted by Crippen LogP contribution is -2.50. The standard InChI is InChI=1S/C33H55NO2/c1-22(2)10-8-9-11-24-13-15-28-27-14-12-25-21-26(36-31(35)30(34-7)20-23(3)4)16-18-33(25,6)29(27)17-19-32(24,28)5/h12,22-24,26-30H,7-11,13-21H2,1-6H3. The molecule has 3 fully saturated rings. The first-order valence-electron chi connectivity index (χ1n) is 15.4. The number of ether oxygens (including phenoxy) is 1. The number of rotatable bonds is 10. The van der Waals surface area contributed by atoms with E-state index in [9.17, 15) is 4.79 Å². The van der Waals surface area contributed by atoms with Gasteiger partial charge in [-0.05, 0) is 111 Å². The van der Waals surface area contributed by atoms with E-state index in [1.165, 1.54) is 57.8 Å². The minimum absolute atomic E-state index is 0.0142. The van der Waals surface area contributed by atoms with Crippen molar-refractivity contribution in [2.45, 2.75) is 137 Å². The zero-order valence-electron chi connectivity index (χ0n) is 24.4. The largest absolute Gasteiger partial charge is 0.460 e. The maximum Gasteiger partial charge on any atom is 0.331 e. The van der Waals surface area contributed by atoms with Crippen molar-refractivity contribution in [1.82, 2.24) is 0 Å². The van der Waals surface area contributed by atoms with E-state index in [4.69, 9.17) is 4.74 Å². The van der Waals surface area contributed by atoms with Gasteiger partial charge >= 0.3 is 5.97 Å². The van der Waals surface area contributed by atoms with Gasteiger partial charge in [-0.3, -0.25) is 4.99 Å². The zero-order chi connectivity index (χ0) is 26.1. The summed E-state index contributed by atoms with van der Waals surface area (Å²) in [4.78, 5) is 16.9. The van der Waals surface area contributed by atoms with E-state index < -0.39 is 6.04 Å². The van der Waals surface area contributed by atoms with Crippen molar-refractivity contribution < 1.29 is 9.53 Å². The number of fused-ring (bicyclic) bond motifs is 5. The molecule has 0 N–H and O–H groups in total. The molecule has 8 atom stereocenters. The van der Waals surface area contributed by atoms with E-state index in [0.29, 0.717) is 16.7 Å². The summed E-state index contributed by atoms with van der Waals surface area (Å²) >= 11 is 0. The number of carbonyl (C=O) groups is 1. The maximum atomic E-state index is 12.8. The topological polar surface area (TPSA) is 38.7 Å². The molecule has 204 valence electrons. The molecular formula is C33H55NO2. The Morgan fingerprint density at radius 1 is 1.06 bits per heavy atom. The molecular weight excluding hydrogens is 442 g/mol. The van der Waals surface area contributed by atoms with Gasteiger partial charge in [0.1, 0.15) is 12.1 Å². The fraction of sp³-hybridized carbons (Fsp3) is 0.879. The van der Waals surface area contributed by atoms with Crippen LogP contribution in [0, 0.1) is 46.3 Å². The highest BCUT2D eigenvalue weighted by atomic mass is 16.5. The second-order valence-electron chi connectivity index (χ2n) is 14.4. The Morgan fingerprint density at radius 3 is 2.53 bits per heavy atom. The monoisotopic (exact) mass is 497 g/mol. The Hall–Kier alpha value is -1.12. The Morgan fingerprint density at radius 2 is 1.83 bits per heavy atom. The third kappa shape index (κ3) is 5.51. The molecule has 0 heterocycles. The van der Waals surface area contributed by atoms with Crippen molar-refractivity contribution in [1.29, 1.82) is 0 Å². The van der Waals surface area contributed by atoms with Crippen LogP contribution in [-0.4, -0.2) is 24.8 Å². The molecule has 36 heavy (non-hydrogen) atoms. The average Bonchev–Trinajstić information content (AvgIpc) is 3.16. The first-order chi connectivity index (χ1) is 17.1. The lowest BCUT2D eigenvalue weighted by molar-refractivity contribution is -0.153. The van der Waals surface area contributed by atoms with Crippen LogP contribution in [0.25, 0.3) is 0 Å². The normalized spacial score (nSPS) is 38.7. The first kappa shape index (κ1) is 27.9. The van der Waals surface area contributed by atoms with Crippen molar-refractivity contribution in [3.05, 3.63) is 11.6 Å². The van der Waals surface area contributed by atoms with Crippen molar-refractivity contribution in [3.63, 3.8) is 0 Å². The number of carbonyl (C=O) groups excluding carboxylic acids is 1. The van der Waals surface area contributed by atoms with E-state index in [-0.39, 0.29) is 12.1 Å². The van der Waals surface area contributed by atoms with Gasteiger partial charge < -0.3 is 4.74 Å². The molecule has 0 aromatic heterocycles. The lowest BCUT2D eigenvalue weighted by atomic mass is 9.47. The summed E-state index contributed by atoms with van der Waals surface area (Å²) in [5.74, 6) is 4.62. The number of hydrogen-bond acceptors (Lipinski definition) is 3. The number of hydrogen-bond donors (Lipinski definition) is 0. The molecule has 0 aliphatic heterocycles. The summed E-state index contributed by atoms with van der Waals surface area (Å²) in [6, 6.07) is -0.417. The third-order valence-electron chi connectivity index (χ3n) is 11.3. The molecule has 3 saturated carbocycles. The first-order valence-corrected chi connectivity index (χ1v) is 15.4. The van der Waals surface area contributed by atoms with Crippen LogP contribution < -0.4 is 0 Å². The van der Waals surface area contributed by atoms with Gasteiger partial charge in [-0.25, -0.2) is 4.79 Å². The molecule has 0 saturated heterocycles. The smallest absolute Gasteiger partial charge is 0.331 e. The van der Waals surface area contributed by atoms with Crippen molar-refractivity contribution in [2.75, 3.05) is 0 Å². The van der Waals surface area contributed by atoms with Gasteiger partial charge in [0.25, 0.3) is 0 Å². The number of unbranched alkanes of at least 4 members (excludes halogenated alkanes) is 1. The molecule has 4 rings (SSSR count). The SMILES string of the molecule is C=NC(CC(C)C)C(=O)OC1CCC2(C)C(=CCC3C2CCC2(C)C(CCCCC(C)C)CCC32)C1. The second-order valence-corrected chi connectivity index (χ2v) is 14.4.